The van der Waals surface area contributed by atoms with Crippen molar-refractivity contribution in [1.82, 2.24) is 10.3 Å². The van der Waals surface area contributed by atoms with E-state index in [-0.39, 0.29) is 0 Å². The lowest BCUT2D eigenvalue weighted by Crippen LogP contribution is -2.24. The van der Waals surface area contributed by atoms with Gasteiger partial charge in [-0.2, -0.15) is 0 Å². The van der Waals surface area contributed by atoms with Gasteiger partial charge < -0.3 is 15.0 Å². The van der Waals surface area contributed by atoms with Crippen LogP contribution in [0.1, 0.15) is 19.4 Å². The molecule has 2 aromatic rings. The van der Waals surface area contributed by atoms with Gasteiger partial charge in [-0.05, 0) is 30.7 Å². The fourth-order valence-corrected chi connectivity index (χ4v) is 2.32. The molecule has 0 spiro atoms. The smallest absolute Gasteiger partial charge is 0.128 e. The SMILES string of the molecule is COc1ccc(Cl)c2[nH]cc(CCNC(C)C)c12. The van der Waals surface area contributed by atoms with Crippen LogP contribution in [0.4, 0.5) is 0 Å². The maximum Gasteiger partial charge on any atom is 0.128 e. The number of H-pyrrole nitrogens is 1. The first-order valence-electron chi connectivity index (χ1n) is 6.19. The van der Waals surface area contributed by atoms with Crippen molar-refractivity contribution < 1.29 is 4.74 Å². The Hall–Kier alpha value is -1.19. The van der Waals surface area contributed by atoms with Crippen LogP contribution >= 0.6 is 11.6 Å². The first kappa shape index (κ1) is 13.2. The van der Waals surface area contributed by atoms with Crippen LogP contribution < -0.4 is 10.1 Å². The van der Waals surface area contributed by atoms with Crippen molar-refractivity contribution in [3.05, 3.63) is 28.9 Å². The minimum atomic E-state index is 0.501. The molecule has 98 valence electrons. The van der Waals surface area contributed by atoms with E-state index in [1.54, 1.807) is 7.11 Å². The molecule has 0 saturated carbocycles. The maximum atomic E-state index is 6.18. The lowest BCUT2D eigenvalue weighted by atomic mass is 10.1. The molecule has 0 aliphatic carbocycles. The third kappa shape index (κ3) is 2.62. The molecule has 3 nitrogen and oxygen atoms in total. The normalized spacial score (nSPS) is 11.4. The summed E-state index contributed by atoms with van der Waals surface area (Å²) in [4.78, 5) is 3.23. The average molecular weight is 267 g/mol. The molecule has 4 heteroatoms. The lowest BCUT2D eigenvalue weighted by molar-refractivity contribution is 0.419. The zero-order chi connectivity index (χ0) is 13.1. The summed E-state index contributed by atoms with van der Waals surface area (Å²) in [6, 6.07) is 4.27. The van der Waals surface area contributed by atoms with Crippen LogP contribution in [-0.2, 0) is 6.42 Å². The van der Waals surface area contributed by atoms with E-state index in [2.05, 4.69) is 24.1 Å². The summed E-state index contributed by atoms with van der Waals surface area (Å²) in [5.74, 6) is 0.871. The number of nitrogens with one attached hydrogen (secondary N) is 2. The molecular weight excluding hydrogens is 248 g/mol. The highest BCUT2D eigenvalue weighted by molar-refractivity contribution is 6.35. The summed E-state index contributed by atoms with van der Waals surface area (Å²) < 4.78 is 5.41. The van der Waals surface area contributed by atoms with Crippen LogP contribution in [0.3, 0.4) is 0 Å². The van der Waals surface area contributed by atoms with Gasteiger partial charge in [-0.15, -0.1) is 0 Å². The molecule has 2 N–H and O–H groups in total. The van der Waals surface area contributed by atoms with Gasteiger partial charge in [-0.1, -0.05) is 25.4 Å². The molecule has 0 radical (unpaired) electrons. The Kier molecular flexibility index (Phi) is 4.15. The van der Waals surface area contributed by atoms with E-state index in [1.807, 2.05) is 18.3 Å². The molecule has 0 aliphatic heterocycles. The van der Waals surface area contributed by atoms with Crippen molar-refractivity contribution >= 4 is 22.5 Å². The van der Waals surface area contributed by atoms with Crippen molar-refractivity contribution in [2.75, 3.05) is 13.7 Å². The molecular formula is C14H19ClN2O. The minimum Gasteiger partial charge on any atom is -0.496 e. The summed E-state index contributed by atoms with van der Waals surface area (Å²) >= 11 is 6.18. The highest BCUT2D eigenvalue weighted by Gasteiger charge is 2.11. The van der Waals surface area contributed by atoms with Crippen molar-refractivity contribution in [2.45, 2.75) is 26.3 Å². The quantitative estimate of drug-likeness (QED) is 0.871. The van der Waals surface area contributed by atoms with Crippen molar-refractivity contribution in [2.24, 2.45) is 0 Å². The number of hydrogen-bond donors (Lipinski definition) is 2. The van der Waals surface area contributed by atoms with E-state index in [1.165, 1.54) is 5.56 Å². The molecule has 1 aromatic carbocycles. The molecule has 2 rings (SSSR count). The number of aromatic nitrogens is 1. The van der Waals surface area contributed by atoms with Crippen molar-refractivity contribution in [3.63, 3.8) is 0 Å². The van der Waals surface area contributed by atoms with E-state index in [9.17, 15) is 0 Å². The third-order valence-electron chi connectivity index (χ3n) is 2.99. The minimum absolute atomic E-state index is 0.501. The molecule has 0 fully saturated rings. The maximum absolute atomic E-state index is 6.18. The largest absolute Gasteiger partial charge is 0.496 e. The summed E-state index contributed by atoms with van der Waals surface area (Å²) in [7, 11) is 1.69. The van der Waals surface area contributed by atoms with Crippen molar-refractivity contribution in [3.8, 4) is 5.75 Å². The fraction of sp³-hybridized carbons (Fsp3) is 0.429. The Balaban J connectivity index is 2.30. The Morgan fingerprint density at radius 3 is 2.83 bits per heavy atom. The van der Waals surface area contributed by atoms with Crippen LogP contribution in [0.2, 0.25) is 5.02 Å². The highest BCUT2D eigenvalue weighted by atomic mass is 35.5. The molecule has 1 heterocycles. The number of rotatable bonds is 5. The molecule has 0 aliphatic rings. The zero-order valence-electron chi connectivity index (χ0n) is 11.0. The number of halogens is 1. The highest BCUT2D eigenvalue weighted by Crippen LogP contribution is 2.33. The van der Waals surface area contributed by atoms with Crippen molar-refractivity contribution in [1.29, 1.82) is 0 Å². The molecule has 1 aromatic heterocycles. The van der Waals surface area contributed by atoms with Crippen LogP contribution in [0.15, 0.2) is 18.3 Å². The van der Waals surface area contributed by atoms with Gasteiger partial charge >= 0.3 is 0 Å². The summed E-state index contributed by atoms with van der Waals surface area (Å²) in [6.45, 7) is 5.24. The molecule has 18 heavy (non-hydrogen) atoms. The molecule has 0 unspecified atom stereocenters. The monoisotopic (exact) mass is 266 g/mol. The predicted molar refractivity (Wildman–Crippen MR) is 76.7 cm³/mol. The second-order valence-corrected chi connectivity index (χ2v) is 5.08. The standard InChI is InChI=1S/C14H19ClN2O/c1-9(2)16-7-6-10-8-17-14-11(15)4-5-12(18-3)13(10)14/h4-5,8-9,16-17H,6-7H2,1-3H3. The van der Waals surface area contributed by atoms with E-state index in [0.29, 0.717) is 6.04 Å². The molecule has 0 atom stereocenters. The van der Waals surface area contributed by atoms with E-state index >= 15 is 0 Å². The second-order valence-electron chi connectivity index (χ2n) is 4.67. The molecule has 0 amide bonds. The van der Waals surface area contributed by atoms with Crippen LogP contribution in [0.5, 0.6) is 5.75 Å². The first-order valence-corrected chi connectivity index (χ1v) is 6.57. The van der Waals surface area contributed by atoms with E-state index in [4.69, 9.17) is 16.3 Å². The first-order chi connectivity index (χ1) is 8.63. The van der Waals surface area contributed by atoms with Gasteiger partial charge in [0.25, 0.3) is 0 Å². The Labute approximate surface area is 112 Å². The predicted octanol–water partition coefficient (Wildman–Crippen LogP) is 3.37. The van der Waals surface area contributed by atoms with Crippen LogP contribution in [-0.4, -0.2) is 24.7 Å². The van der Waals surface area contributed by atoms with Crippen LogP contribution in [0, 0.1) is 0 Å². The van der Waals surface area contributed by atoms with Gasteiger partial charge in [0.2, 0.25) is 0 Å². The topological polar surface area (TPSA) is 37.0 Å². The summed E-state index contributed by atoms with van der Waals surface area (Å²) in [5.41, 5.74) is 2.19. The van der Waals surface area contributed by atoms with Crippen LogP contribution in [0.25, 0.3) is 10.9 Å². The Bertz CT molecular complexity index is 534. The number of aromatic amines is 1. The number of benzene rings is 1. The van der Waals surface area contributed by atoms with Gasteiger partial charge in [-0.25, -0.2) is 0 Å². The summed E-state index contributed by atoms with van der Waals surface area (Å²) in [5, 5.41) is 5.24. The van der Waals surface area contributed by atoms with Gasteiger partial charge in [0.1, 0.15) is 5.75 Å². The Morgan fingerprint density at radius 2 is 2.17 bits per heavy atom. The number of ether oxygens (including phenoxy) is 1. The fourth-order valence-electron chi connectivity index (χ4n) is 2.11. The summed E-state index contributed by atoms with van der Waals surface area (Å²) in [6.07, 6.45) is 2.97. The average Bonchev–Trinajstić information content (AvgIpc) is 2.75. The molecule has 0 bridgehead atoms. The second kappa shape index (κ2) is 5.63. The lowest BCUT2D eigenvalue weighted by Gasteiger charge is -2.08. The number of fused-ring (bicyclic) bond motifs is 1. The molecule has 0 saturated heterocycles. The van der Waals surface area contributed by atoms with E-state index < -0.39 is 0 Å². The Morgan fingerprint density at radius 1 is 1.39 bits per heavy atom. The zero-order valence-corrected chi connectivity index (χ0v) is 11.8. The van der Waals surface area contributed by atoms with Gasteiger partial charge in [0.05, 0.1) is 17.6 Å². The van der Waals surface area contributed by atoms with Gasteiger partial charge in [0, 0.05) is 17.6 Å². The number of hydrogen-bond acceptors (Lipinski definition) is 2. The number of methoxy groups -OCH3 is 1. The third-order valence-corrected chi connectivity index (χ3v) is 3.31. The van der Waals surface area contributed by atoms with Gasteiger partial charge in [0.15, 0.2) is 0 Å². The van der Waals surface area contributed by atoms with Gasteiger partial charge in [-0.3, -0.25) is 0 Å². The van der Waals surface area contributed by atoms with E-state index in [0.717, 1.165) is 34.6 Å².